The van der Waals surface area contributed by atoms with Crippen LogP contribution >= 0.6 is 23.4 Å². The Kier molecular flexibility index (Phi) is 14.4. The summed E-state index contributed by atoms with van der Waals surface area (Å²) in [5.41, 5.74) is 7.38. The molecule has 1 amide bonds. The van der Waals surface area contributed by atoms with Gasteiger partial charge in [-0.25, -0.2) is 4.39 Å². The Hall–Kier alpha value is -2.82. The van der Waals surface area contributed by atoms with E-state index < -0.39 is 0 Å². The smallest absolute Gasteiger partial charge is 0.223 e. The number of anilines is 1. The number of nitrogens with zero attached hydrogens (tertiary/aromatic N) is 1. The van der Waals surface area contributed by atoms with Crippen LogP contribution in [-0.4, -0.2) is 18.2 Å². The third-order valence-electron chi connectivity index (χ3n) is 6.92. The standard InChI is InChI=1S/C17H18FNO.C11H11ClS.C8H16/c1-4-13-11-15(7-10-17(13)18)14-5-8-16(9-6-14)19(3)12(2)20;1-7(2)11-10(12)8-5-3-4-6-9(8)13-11;1-4-6-8(3)7-5-2/h5-11H,4H2,1-3H3;3-6,10-11H,1H2,2H3;3-7H2,1-2H3. The van der Waals surface area contributed by atoms with Crippen molar-refractivity contribution >= 4 is 35.0 Å². The summed E-state index contributed by atoms with van der Waals surface area (Å²) in [4.78, 5) is 14.2. The van der Waals surface area contributed by atoms with Crippen molar-refractivity contribution in [2.24, 2.45) is 0 Å². The normalized spacial score (nSPS) is 15.0. The number of fused-ring (bicyclic) bond motifs is 1. The van der Waals surface area contributed by atoms with Crippen LogP contribution in [0.2, 0.25) is 0 Å². The van der Waals surface area contributed by atoms with Crippen LogP contribution in [-0.2, 0) is 11.2 Å². The van der Waals surface area contributed by atoms with Gasteiger partial charge in [-0.05, 0) is 78.8 Å². The first-order valence-electron chi connectivity index (χ1n) is 14.4. The first-order chi connectivity index (χ1) is 19.5. The van der Waals surface area contributed by atoms with Gasteiger partial charge in [0.25, 0.3) is 0 Å². The van der Waals surface area contributed by atoms with Gasteiger partial charge in [0, 0.05) is 24.6 Å². The molecule has 220 valence electrons. The lowest BCUT2D eigenvalue weighted by Crippen LogP contribution is -2.22. The van der Waals surface area contributed by atoms with Gasteiger partial charge in [-0.15, -0.1) is 23.4 Å². The number of amides is 1. The molecule has 3 aromatic rings. The van der Waals surface area contributed by atoms with Gasteiger partial charge in [-0.2, -0.15) is 0 Å². The topological polar surface area (TPSA) is 20.3 Å². The second-order valence-corrected chi connectivity index (χ2v) is 12.0. The molecule has 1 aliphatic heterocycles. The summed E-state index contributed by atoms with van der Waals surface area (Å²) in [6, 6.07) is 21.1. The predicted molar refractivity (Wildman–Crippen MR) is 179 cm³/mol. The second-order valence-electron chi connectivity index (χ2n) is 10.4. The number of hydrogen-bond donors (Lipinski definition) is 0. The third kappa shape index (κ3) is 10.2. The number of allylic oxidation sites excluding steroid dienone is 1. The number of carbonyl (C=O) groups is 1. The van der Waals surface area contributed by atoms with Crippen molar-refractivity contribution in [1.29, 1.82) is 0 Å². The Morgan fingerprint density at radius 2 is 1.51 bits per heavy atom. The van der Waals surface area contributed by atoms with E-state index in [4.69, 9.17) is 11.6 Å². The summed E-state index contributed by atoms with van der Waals surface area (Å²) in [6.45, 7) is 17.8. The van der Waals surface area contributed by atoms with Gasteiger partial charge in [-0.3, -0.25) is 4.79 Å². The fourth-order valence-electron chi connectivity index (χ4n) is 4.44. The van der Waals surface area contributed by atoms with Gasteiger partial charge in [0.15, 0.2) is 0 Å². The Balaban J connectivity index is 0.000000240. The van der Waals surface area contributed by atoms with Gasteiger partial charge in [0.05, 0.1) is 10.6 Å². The Bertz CT molecular complexity index is 1300. The molecule has 0 radical (unpaired) electrons. The molecular weight excluding hydrogens is 549 g/mol. The monoisotopic (exact) mass is 593 g/mol. The summed E-state index contributed by atoms with van der Waals surface area (Å²) >= 11 is 8.14. The highest BCUT2D eigenvalue weighted by atomic mass is 35.5. The van der Waals surface area contributed by atoms with E-state index in [1.165, 1.54) is 54.7 Å². The zero-order valence-electron chi connectivity index (χ0n) is 25.5. The van der Waals surface area contributed by atoms with E-state index in [1.807, 2.05) is 62.0 Å². The van der Waals surface area contributed by atoms with E-state index in [9.17, 15) is 9.18 Å². The number of thioether (sulfide) groups is 1. The summed E-state index contributed by atoms with van der Waals surface area (Å²) < 4.78 is 13.5. The maximum Gasteiger partial charge on any atom is 0.223 e. The zero-order valence-corrected chi connectivity index (χ0v) is 27.0. The molecule has 0 N–H and O–H groups in total. The maximum absolute atomic E-state index is 13.5. The molecule has 4 rings (SSSR count). The lowest BCUT2D eigenvalue weighted by Gasteiger charge is -2.15. The fourth-order valence-corrected chi connectivity index (χ4v) is 6.30. The Labute approximate surface area is 256 Å². The van der Waals surface area contributed by atoms with E-state index in [-0.39, 0.29) is 17.1 Å². The molecular formula is C36H45ClFNOS. The minimum atomic E-state index is -0.163. The number of rotatable bonds is 8. The van der Waals surface area contributed by atoms with Gasteiger partial charge in [0.2, 0.25) is 5.91 Å². The highest BCUT2D eigenvalue weighted by molar-refractivity contribution is 8.00. The lowest BCUT2D eigenvalue weighted by atomic mass is 10.0. The summed E-state index contributed by atoms with van der Waals surface area (Å²) in [5.74, 6) is -0.169. The lowest BCUT2D eigenvalue weighted by molar-refractivity contribution is -0.116. The van der Waals surface area contributed by atoms with Crippen LogP contribution in [0.15, 0.2) is 95.9 Å². The van der Waals surface area contributed by atoms with E-state index >= 15 is 0 Å². The number of aryl methyl sites for hydroxylation is 1. The van der Waals surface area contributed by atoms with Gasteiger partial charge in [-0.1, -0.05) is 94.3 Å². The van der Waals surface area contributed by atoms with Crippen molar-refractivity contribution < 1.29 is 9.18 Å². The van der Waals surface area contributed by atoms with Gasteiger partial charge in [0.1, 0.15) is 5.82 Å². The number of benzene rings is 3. The molecule has 0 spiro atoms. The largest absolute Gasteiger partial charge is 0.316 e. The molecule has 0 aliphatic carbocycles. The van der Waals surface area contributed by atoms with Crippen LogP contribution < -0.4 is 4.90 Å². The van der Waals surface area contributed by atoms with Crippen molar-refractivity contribution in [2.75, 3.05) is 11.9 Å². The zero-order chi connectivity index (χ0) is 30.5. The maximum atomic E-state index is 13.5. The number of hydrogen-bond acceptors (Lipinski definition) is 2. The highest BCUT2D eigenvalue weighted by Gasteiger charge is 2.31. The average Bonchev–Trinajstić information content (AvgIpc) is 3.31. The molecule has 0 bridgehead atoms. The second kappa shape index (κ2) is 17.2. The molecule has 2 unspecified atom stereocenters. The van der Waals surface area contributed by atoms with E-state index in [2.05, 4.69) is 45.2 Å². The quantitative estimate of drug-likeness (QED) is 0.191. The van der Waals surface area contributed by atoms with E-state index in [0.717, 1.165) is 22.4 Å². The first kappa shape index (κ1) is 34.4. The Morgan fingerprint density at radius 1 is 0.927 bits per heavy atom. The average molecular weight is 594 g/mol. The third-order valence-corrected chi connectivity index (χ3v) is 9.11. The molecule has 5 heteroatoms. The number of carbonyl (C=O) groups excluding carboxylic acids is 1. The summed E-state index contributed by atoms with van der Waals surface area (Å²) in [7, 11) is 1.74. The van der Waals surface area contributed by atoms with Gasteiger partial charge < -0.3 is 4.90 Å². The van der Waals surface area contributed by atoms with Gasteiger partial charge >= 0.3 is 0 Å². The number of alkyl halides is 1. The van der Waals surface area contributed by atoms with Crippen LogP contribution in [0.1, 0.15) is 76.8 Å². The minimum Gasteiger partial charge on any atom is -0.316 e. The molecule has 3 aromatic carbocycles. The van der Waals surface area contributed by atoms with Crippen LogP contribution in [0.4, 0.5) is 10.1 Å². The molecule has 0 fully saturated rings. The van der Waals surface area contributed by atoms with Crippen LogP contribution in [0, 0.1) is 5.82 Å². The molecule has 0 saturated carbocycles. The van der Waals surface area contributed by atoms with Crippen LogP contribution in [0.25, 0.3) is 11.1 Å². The van der Waals surface area contributed by atoms with E-state index in [0.29, 0.717) is 17.2 Å². The Morgan fingerprint density at radius 3 is 2.02 bits per heavy atom. The molecule has 0 saturated heterocycles. The van der Waals surface area contributed by atoms with Crippen molar-refractivity contribution in [1.82, 2.24) is 0 Å². The van der Waals surface area contributed by atoms with Crippen LogP contribution in [0.5, 0.6) is 0 Å². The van der Waals surface area contributed by atoms with Crippen molar-refractivity contribution in [3.05, 3.63) is 108 Å². The fraction of sp³-hybridized carbons (Fsp3) is 0.361. The molecule has 1 heterocycles. The molecule has 2 nitrogen and oxygen atoms in total. The highest BCUT2D eigenvalue weighted by Crippen LogP contribution is 2.49. The van der Waals surface area contributed by atoms with Crippen molar-refractivity contribution in [3.8, 4) is 11.1 Å². The molecule has 1 aliphatic rings. The number of halogens is 2. The van der Waals surface area contributed by atoms with Crippen LogP contribution in [0.3, 0.4) is 0 Å². The molecule has 0 aromatic heterocycles. The minimum absolute atomic E-state index is 0.00667. The predicted octanol–water partition coefficient (Wildman–Crippen LogP) is 11.2. The van der Waals surface area contributed by atoms with E-state index in [1.54, 1.807) is 18.0 Å². The summed E-state index contributed by atoms with van der Waals surface area (Å²) in [6.07, 6.45) is 5.60. The van der Waals surface area contributed by atoms with Crippen molar-refractivity contribution in [3.63, 3.8) is 0 Å². The summed E-state index contributed by atoms with van der Waals surface area (Å²) in [5, 5.41) is 0.442. The first-order valence-corrected chi connectivity index (χ1v) is 15.7. The van der Waals surface area contributed by atoms with Crippen molar-refractivity contribution in [2.45, 2.75) is 82.2 Å². The SMILES string of the molecule is C=C(C)C1Sc2ccccc2C1Cl.C=C(CCC)CCC.CCc1cc(-c2ccc(N(C)C(C)=O)cc2)ccc1F. The molecule has 41 heavy (non-hydrogen) atoms. The molecule has 2 atom stereocenters.